The Hall–Kier alpha value is -1.40. The molecule has 94 valence electrons. The van der Waals surface area contributed by atoms with Crippen LogP contribution >= 0.6 is 0 Å². The van der Waals surface area contributed by atoms with Crippen molar-refractivity contribution in [2.45, 2.75) is 26.0 Å². The lowest BCUT2D eigenvalue weighted by Crippen LogP contribution is -2.47. The zero-order chi connectivity index (χ0) is 12.5. The van der Waals surface area contributed by atoms with Gasteiger partial charge in [0.15, 0.2) is 11.5 Å². The molecule has 1 aromatic heterocycles. The van der Waals surface area contributed by atoms with E-state index in [1.165, 1.54) is 6.07 Å². The van der Waals surface area contributed by atoms with Gasteiger partial charge in [-0.2, -0.15) is 0 Å². The highest BCUT2D eigenvalue weighted by Crippen LogP contribution is 2.18. The standard InChI is InChI=1S/C11H16N2O4/c1-11(2)7-13(3-4-16-11)6-8-5-9(10(14)15)12-17-8/h5H,3-4,6-7H2,1-2H3,(H,14,15). The summed E-state index contributed by atoms with van der Waals surface area (Å²) in [5, 5.41) is 12.2. The van der Waals surface area contributed by atoms with E-state index in [0.29, 0.717) is 18.9 Å². The van der Waals surface area contributed by atoms with Crippen LogP contribution in [0.15, 0.2) is 10.6 Å². The number of carboxylic acid groups (broad SMARTS) is 1. The van der Waals surface area contributed by atoms with Gasteiger partial charge in [0, 0.05) is 19.2 Å². The van der Waals surface area contributed by atoms with Crippen LogP contribution in [-0.4, -0.2) is 46.4 Å². The van der Waals surface area contributed by atoms with Crippen LogP contribution in [0.5, 0.6) is 0 Å². The van der Waals surface area contributed by atoms with Gasteiger partial charge in [0.05, 0.1) is 18.8 Å². The van der Waals surface area contributed by atoms with Gasteiger partial charge in [-0.15, -0.1) is 0 Å². The minimum absolute atomic E-state index is 0.0486. The van der Waals surface area contributed by atoms with Crippen LogP contribution in [-0.2, 0) is 11.3 Å². The maximum absolute atomic E-state index is 10.7. The summed E-state index contributed by atoms with van der Waals surface area (Å²) in [6.07, 6.45) is 0. The fraction of sp³-hybridized carbons (Fsp3) is 0.636. The van der Waals surface area contributed by atoms with Crippen LogP contribution in [0.4, 0.5) is 0 Å². The molecule has 1 fully saturated rings. The van der Waals surface area contributed by atoms with Crippen molar-refractivity contribution in [1.29, 1.82) is 0 Å². The number of hydrogen-bond donors (Lipinski definition) is 1. The second kappa shape index (κ2) is 4.46. The molecule has 2 rings (SSSR count). The maximum atomic E-state index is 10.7. The minimum Gasteiger partial charge on any atom is -0.476 e. The molecule has 1 saturated heterocycles. The van der Waals surface area contributed by atoms with Gasteiger partial charge >= 0.3 is 5.97 Å². The number of carbonyl (C=O) groups is 1. The minimum atomic E-state index is -1.07. The molecule has 0 amide bonds. The summed E-state index contributed by atoms with van der Waals surface area (Å²) in [5.74, 6) is -0.498. The van der Waals surface area contributed by atoms with Crippen LogP contribution in [0.1, 0.15) is 30.1 Å². The first-order valence-electron chi connectivity index (χ1n) is 5.51. The normalized spacial score (nSPS) is 20.4. The Morgan fingerprint density at radius 1 is 1.65 bits per heavy atom. The Morgan fingerprint density at radius 2 is 2.41 bits per heavy atom. The molecule has 0 unspecified atom stereocenters. The lowest BCUT2D eigenvalue weighted by Gasteiger charge is -2.37. The predicted octanol–water partition coefficient (Wildman–Crippen LogP) is 0.984. The van der Waals surface area contributed by atoms with Crippen LogP contribution in [0.25, 0.3) is 0 Å². The number of morpholine rings is 1. The molecule has 1 aromatic rings. The average Bonchev–Trinajstić information content (AvgIpc) is 2.64. The van der Waals surface area contributed by atoms with E-state index in [2.05, 4.69) is 10.1 Å². The molecule has 0 saturated carbocycles. The quantitative estimate of drug-likeness (QED) is 0.848. The highest BCUT2D eigenvalue weighted by molar-refractivity contribution is 5.85. The SMILES string of the molecule is CC1(C)CN(Cc2cc(C(=O)O)no2)CCO1. The number of aromatic nitrogens is 1. The third kappa shape index (κ3) is 3.04. The smallest absolute Gasteiger partial charge is 0.358 e. The molecule has 6 heteroatoms. The zero-order valence-corrected chi connectivity index (χ0v) is 9.97. The number of ether oxygens (including phenoxy) is 1. The second-order valence-corrected chi connectivity index (χ2v) is 4.80. The Balaban J connectivity index is 1.98. The molecule has 0 atom stereocenters. The monoisotopic (exact) mass is 240 g/mol. The first-order valence-corrected chi connectivity index (χ1v) is 5.51. The molecule has 0 bridgehead atoms. The highest BCUT2D eigenvalue weighted by atomic mass is 16.5. The predicted molar refractivity (Wildman–Crippen MR) is 58.8 cm³/mol. The molecule has 0 radical (unpaired) electrons. The zero-order valence-electron chi connectivity index (χ0n) is 9.97. The lowest BCUT2D eigenvalue weighted by atomic mass is 10.1. The number of hydrogen-bond acceptors (Lipinski definition) is 5. The fourth-order valence-corrected chi connectivity index (χ4v) is 1.96. The van der Waals surface area contributed by atoms with Crippen LogP contribution in [0.3, 0.4) is 0 Å². The largest absolute Gasteiger partial charge is 0.476 e. The van der Waals surface area contributed by atoms with Crippen molar-refractivity contribution in [1.82, 2.24) is 10.1 Å². The Morgan fingerprint density at radius 3 is 3.00 bits per heavy atom. The second-order valence-electron chi connectivity index (χ2n) is 4.80. The van der Waals surface area contributed by atoms with Gasteiger partial charge in [-0.3, -0.25) is 4.90 Å². The number of nitrogens with zero attached hydrogens (tertiary/aromatic N) is 2. The molecular formula is C11H16N2O4. The van der Waals surface area contributed by atoms with Crippen molar-refractivity contribution in [2.24, 2.45) is 0 Å². The van der Waals surface area contributed by atoms with Crippen molar-refractivity contribution in [2.75, 3.05) is 19.7 Å². The summed E-state index contributed by atoms with van der Waals surface area (Å²) in [4.78, 5) is 12.8. The van der Waals surface area contributed by atoms with E-state index in [1.807, 2.05) is 13.8 Å². The molecule has 1 aliphatic rings. The Bertz CT molecular complexity index is 413. The Labute approximate surface area is 99.1 Å². The molecule has 6 nitrogen and oxygen atoms in total. The molecule has 1 aliphatic heterocycles. The van der Waals surface area contributed by atoms with E-state index < -0.39 is 5.97 Å². The van der Waals surface area contributed by atoms with Gasteiger partial charge in [-0.1, -0.05) is 5.16 Å². The van der Waals surface area contributed by atoms with E-state index in [-0.39, 0.29) is 11.3 Å². The topological polar surface area (TPSA) is 75.8 Å². The van der Waals surface area contributed by atoms with Crippen LogP contribution in [0, 0.1) is 0 Å². The fourth-order valence-electron chi connectivity index (χ4n) is 1.96. The van der Waals surface area contributed by atoms with E-state index in [0.717, 1.165) is 13.1 Å². The molecule has 0 spiro atoms. The number of rotatable bonds is 3. The number of carboxylic acids is 1. The van der Waals surface area contributed by atoms with E-state index >= 15 is 0 Å². The van der Waals surface area contributed by atoms with Crippen LogP contribution in [0.2, 0.25) is 0 Å². The summed E-state index contributed by atoms with van der Waals surface area (Å²) in [5.41, 5.74) is -0.221. The van der Waals surface area contributed by atoms with E-state index in [4.69, 9.17) is 14.4 Å². The first kappa shape index (κ1) is 12.1. The molecular weight excluding hydrogens is 224 g/mol. The van der Waals surface area contributed by atoms with Crippen LogP contribution < -0.4 is 0 Å². The number of aromatic carboxylic acids is 1. The maximum Gasteiger partial charge on any atom is 0.358 e. The van der Waals surface area contributed by atoms with Crippen molar-refractivity contribution >= 4 is 5.97 Å². The third-order valence-corrected chi connectivity index (χ3v) is 2.66. The molecule has 1 N–H and O–H groups in total. The molecule has 0 aromatic carbocycles. The van der Waals surface area contributed by atoms with Crippen molar-refractivity contribution < 1.29 is 19.2 Å². The van der Waals surface area contributed by atoms with Gasteiger partial charge in [0.1, 0.15) is 0 Å². The first-order chi connectivity index (χ1) is 7.96. The van der Waals surface area contributed by atoms with Crippen molar-refractivity contribution in [3.8, 4) is 0 Å². The molecule has 2 heterocycles. The van der Waals surface area contributed by atoms with Gasteiger partial charge in [0.2, 0.25) is 0 Å². The summed E-state index contributed by atoms with van der Waals surface area (Å²) < 4.78 is 10.6. The summed E-state index contributed by atoms with van der Waals surface area (Å²) in [6, 6.07) is 1.46. The highest BCUT2D eigenvalue weighted by Gasteiger charge is 2.27. The van der Waals surface area contributed by atoms with Gasteiger partial charge in [0.25, 0.3) is 0 Å². The van der Waals surface area contributed by atoms with E-state index in [1.54, 1.807) is 0 Å². The van der Waals surface area contributed by atoms with Crippen molar-refractivity contribution in [3.05, 3.63) is 17.5 Å². The van der Waals surface area contributed by atoms with Gasteiger partial charge in [-0.05, 0) is 13.8 Å². The van der Waals surface area contributed by atoms with Gasteiger partial charge in [-0.25, -0.2) is 4.79 Å². The average molecular weight is 240 g/mol. The summed E-state index contributed by atoms with van der Waals surface area (Å²) in [7, 11) is 0. The third-order valence-electron chi connectivity index (χ3n) is 2.66. The summed E-state index contributed by atoms with van der Waals surface area (Å²) >= 11 is 0. The van der Waals surface area contributed by atoms with Gasteiger partial charge < -0.3 is 14.4 Å². The summed E-state index contributed by atoms with van der Waals surface area (Å²) in [6.45, 7) is 6.90. The molecule has 17 heavy (non-hydrogen) atoms. The van der Waals surface area contributed by atoms with Crippen molar-refractivity contribution in [3.63, 3.8) is 0 Å². The lowest BCUT2D eigenvalue weighted by molar-refractivity contribution is -0.0896. The van der Waals surface area contributed by atoms with E-state index in [9.17, 15) is 4.79 Å². The molecule has 0 aliphatic carbocycles. The Kier molecular flexibility index (Phi) is 3.17.